The first-order valence-corrected chi connectivity index (χ1v) is 8.15. The Balaban J connectivity index is 2.69. The number of nitrogens with one attached hydrogen (secondary N) is 1. The van der Waals surface area contributed by atoms with Gasteiger partial charge in [-0.15, -0.1) is 0 Å². The lowest BCUT2D eigenvalue weighted by atomic mass is 10.0. The highest BCUT2D eigenvalue weighted by atomic mass is 16.7. The molecule has 2 amide bonds. The zero-order chi connectivity index (χ0) is 19.5. The highest BCUT2D eigenvalue weighted by molar-refractivity contribution is 5.96. The van der Waals surface area contributed by atoms with Gasteiger partial charge in [0.05, 0.1) is 20.6 Å². The first-order chi connectivity index (χ1) is 12.4. The number of methoxy groups -OCH3 is 1. The minimum atomic E-state index is -0.933. The summed E-state index contributed by atoms with van der Waals surface area (Å²) in [4.78, 5) is 52.5. The monoisotopic (exact) mass is 364 g/mol. The third-order valence-corrected chi connectivity index (χ3v) is 3.76. The quantitative estimate of drug-likeness (QED) is 0.379. The summed E-state index contributed by atoms with van der Waals surface area (Å²) in [7, 11) is 3.97. The Morgan fingerprint density at radius 2 is 1.69 bits per heavy atom. The van der Waals surface area contributed by atoms with Crippen LogP contribution >= 0.6 is 0 Å². The minimum Gasteiger partial charge on any atom is -0.469 e. The number of ketones is 1. The van der Waals surface area contributed by atoms with Gasteiger partial charge in [-0.3, -0.25) is 24.0 Å². The Kier molecular flexibility index (Phi) is 9.00. The Morgan fingerprint density at radius 3 is 2.27 bits per heavy atom. The van der Waals surface area contributed by atoms with E-state index in [9.17, 15) is 19.2 Å². The molecule has 0 aliphatic carbocycles. The van der Waals surface area contributed by atoms with E-state index in [1.807, 2.05) is 0 Å². The molecule has 0 saturated carbocycles. The fourth-order valence-corrected chi connectivity index (χ4v) is 2.19. The summed E-state index contributed by atoms with van der Waals surface area (Å²) >= 11 is 0. The average molecular weight is 364 g/mol. The van der Waals surface area contributed by atoms with Crippen LogP contribution in [0.2, 0.25) is 0 Å². The van der Waals surface area contributed by atoms with Gasteiger partial charge in [0.25, 0.3) is 5.91 Å². The molecule has 8 heteroatoms. The van der Waals surface area contributed by atoms with Gasteiger partial charge in [0.1, 0.15) is 6.04 Å². The summed E-state index contributed by atoms with van der Waals surface area (Å²) in [6.07, 6.45) is -0.00836. The molecule has 0 bridgehead atoms. The zero-order valence-corrected chi connectivity index (χ0v) is 15.2. The van der Waals surface area contributed by atoms with Crippen molar-refractivity contribution in [3.8, 4) is 0 Å². The number of nitrogens with zero attached hydrogens (tertiary/aromatic N) is 1. The Labute approximate surface area is 152 Å². The van der Waals surface area contributed by atoms with E-state index in [-0.39, 0.29) is 31.5 Å². The van der Waals surface area contributed by atoms with Crippen molar-refractivity contribution >= 4 is 23.6 Å². The predicted molar refractivity (Wildman–Crippen MR) is 93.0 cm³/mol. The number of carbonyl (C=O) groups excluding carboxylic acids is 4. The van der Waals surface area contributed by atoms with Crippen LogP contribution in [0.5, 0.6) is 0 Å². The number of hydroxylamine groups is 2. The van der Waals surface area contributed by atoms with E-state index in [0.717, 1.165) is 5.06 Å². The van der Waals surface area contributed by atoms with Crippen molar-refractivity contribution < 1.29 is 28.8 Å². The summed E-state index contributed by atoms with van der Waals surface area (Å²) < 4.78 is 4.48. The molecule has 0 aromatic heterocycles. The van der Waals surface area contributed by atoms with Crippen molar-refractivity contribution in [1.82, 2.24) is 10.4 Å². The van der Waals surface area contributed by atoms with Gasteiger partial charge < -0.3 is 10.1 Å². The number of amides is 2. The Hall–Kier alpha value is -2.74. The number of rotatable bonds is 10. The Bertz CT molecular complexity index is 632. The molecular formula is C18H24N2O6. The first-order valence-electron chi connectivity index (χ1n) is 8.15. The van der Waals surface area contributed by atoms with E-state index < -0.39 is 23.8 Å². The molecule has 1 aromatic rings. The summed E-state index contributed by atoms with van der Waals surface area (Å²) in [5.74, 6) is -1.62. The third kappa shape index (κ3) is 7.02. The van der Waals surface area contributed by atoms with Gasteiger partial charge in [-0.25, -0.2) is 5.06 Å². The molecule has 0 aliphatic heterocycles. The van der Waals surface area contributed by atoms with Crippen LogP contribution in [0.3, 0.4) is 0 Å². The van der Waals surface area contributed by atoms with Crippen LogP contribution in [0, 0.1) is 0 Å². The van der Waals surface area contributed by atoms with Gasteiger partial charge >= 0.3 is 5.97 Å². The van der Waals surface area contributed by atoms with Gasteiger partial charge in [-0.2, -0.15) is 0 Å². The maximum absolute atomic E-state index is 12.3. The van der Waals surface area contributed by atoms with Crippen molar-refractivity contribution in [2.45, 2.75) is 31.7 Å². The van der Waals surface area contributed by atoms with Gasteiger partial charge in [0, 0.05) is 25.5 Å². The van der Waals surface area contributed by atoms with E-state index in [1.165, 1.54) is 21.3 Å². The lowest BCUT2D eigenvalue weighted by molar-refractivity contribution is -0.171. The number of carbonyl (C=O) groups is 4. The number of hydrogen-bond acceptors (Lipinski definition) is 6. The summed E-state index contributed by atoms with van der Waals surface area (Å²) in [6.45, 7) is 0. The fourth-order valence-electron chi connectivity index (χ4n) is 2.19. The maximum atomic E-state index is 12.3. The molecule has 0 unspecified atom stereocenters. The van der Waals surface area contributed by atoms with Gasteiger partial charge in [-0.05, 0) is 6.42 Å². The molecule has 1 N–H and O–H groups in total. The number of Topliss-reactive ketones (excluding diaryl/α,β-unsaturated/α-hetero) is 1. The number of benzene rings is 1. The van der Waals surface area contributed by atoms with E-state index >= 15 is 0 Å². The largest absolute Gasteiger partial charge is 0.469 e. The topological polar surface area (TPSA) is 102 Å². The smallest absolute Gasteiger partial charge is 0.306 e. The molecule has 0 radical (unpaired) electrons. The molecule has 1 atom stereocenters. The van der Waals surface area contributed by atoms with Crippen molar-refractivity contribution in [3.63, 3.8) is 0 Å². The molecule has 1 aromatic carbocycles. The SMILES string of the molecule is COC(=O)CCC(=O)N[C@@H](CCC(=O)c1ccccc1)C(=O)N(C)OC. The van der Waals surface area contributed by atoms with Crippen LogP contribution in [0.25, 0.3) is 0 Å². The van der Waals surface area contributed by atoms with Crippen LogP contribution in [-0.4, -0.2) is 55.9 Å². The molecule has 0 spiro atoms. The second-order valence-corrected chi connectivity index (χ2v) is 5.54. The van der Waals surface area contributed by atoms with Gasteiger partial charge in [-0.1, -0.05) is 30.3 Å². The summed E-state index contributed by atoms with van der Waals surface area (Å²) in [5.41, 5.74) is 0.538. The van der Waals surface area contributed by atoms with E-state index in [0.29, 0.717) is 5.56 Å². The standard InChI is InChI=1S/C18H24N2O6/c1-20(26-3)18(24)14(19-16(22)11-12-17(23)25-2)9-10-15(21)13-7-5-4-6-8-13/h4-8,14H,9-12H2,1-3H3,(H,19,22)/t14-/m0/s1. The van der Waals surface area contributed by atoms with Crippen LogP contribution in [0.15, 0.2) is 30.3 Å². The number of likely N-dealkylation sites (N-methyl/N-ethyl adjacent to an activating group) is 1. The average Bonchev–Trinajstić information content (AvgIpc) is 2.68. The number of hydrogen-bond donors (Lipinski definition) is 1. The van der Waals surface area contributed by atoms with Crippen LogP contribution in [0.4, 0.5) is 0 Å². The summed E-state index contributed by atoms with van der Waals surface area (Å²) in [5, 5.41) is 3.53. The lowest BCUT2D eigenvalue weighted by Gasteiger charge is -2.22. The Morgan fingerprint density at radius 1 is 1.04 bits per heavy atom. The molecule has 26 heavy (non-hydrogen) atoms. The normalized spacial score (nSPS) is 11.3. The molecule has 0 saturated heterocycles. The molecule has 0 aliphatic rings. The molecule has 1 rings (SSSR count). The lowest BCUT2D eigenvalue weighted by Crippen LogP contribution is -2.47. The van der Waals surface area contributed by atoms with E-state index in [4.69, 9.17) is 4.84 Å². The second kappa shape index (κ2) is 11.0. The molecule has 142 valence electrons. The second-order valence-electron chi connectivity index (χ2n) is 5.54. The molecular weight excluding hydrogens is 340 g/mol. The van der Waals surface area contributed by atoms with Crippen molar-refractivity contribution in [2.24, 2.45) is 0 Å². The van der Waals surface area contributed by atoms with Crippen LogP contribution in [-0.2, 0) is 24.0 Å². The van der Waals surface area contributed by atoms with Crippen LogP contribution < -0.4 is 5.32 Å². The van der Waals surface area contributed by atoms with Crippen molar-refractivity contribution in [2.75, 3.05) is 21.3 Å². The highest BCUT2D eigenvalue weighted by Gasteiger charge is 2.25. The summed E-state index contributed by atoms with van der Waals surface area (Å²) in [6, 6.07) is 7.76. The van der Waals surface area contributed by atoms with Crippen LogP contribution in [0.1, 0.15) is 36.0 Å². The molecule has 8 nitrogen and oxygen atoms in total. The van der Waals surface area contributed by atoms with Crippen molar-refractivity contribution in [1.29, 1.82) is 0 Å². The fraction of sp³-hybridized carbons (Fsp3) is 0.444. The van der Waals surface area contributed by atoms with E-state index in [2.05, 4.69) is 10.1 Å². The predicted octanol–water partition coefficient (Wildman–Crippen LogP) is 1.11. The van der Waals surface area contributed by atoms with Gasteiger partial charge in [0.2, 0.25) is 5.91 Å². The zero-order valence-electron chi connectivity index (χ0n) is 15.2. The molecule has 0 fully saturated rings. The number of esters is 1. The molecule has 0 heterocycles. The van der Waals surface area contributed by atoms with Crippen molar-refractivity contribution in [3.05, 3.63) is 35.9 Å². The third-order valence-electron chi connectivity index (χ3n) is 3.76. The maximum Gasteiger partial charge on any atom is 0.306 e. The van der Waals surface area contributed by atoms with Gasteiger partial charge in [0.15, 0.2) is 5.78 Å². The minimum absolute atomic E-state index is 0.0786. The number of ether oxygens (including phenoxy) is 1. The highest BCUT2D eigenvalue weighted by Crippen LogP contribution is 2.09. The van der Waals surface area contributed by atoms with E-state index in [1.54, 1.807) is 30.3 Å². The first kappa shape index (κ1) is 21.3.